The number of hydrogen-bond donors (Lipinski definition) is 3. The number of nitrogens with one attached hydrogen (secondary N) is 1. The maximum atomic E-state index is 8.81. The molecule has 0 saturated heterocycles. The molecule has 1 atom stereocenters. The Bertz CT molecular complexity index is 581. The lowest BCUT2D eigenvalue weighted by molar-refractivity contribution is 0.318. The van der Waals surface area contributed by atoms with Gasteiger partial charge in [0.25, 0.3) is 0 Å². The standard InChI is InChI=1S/C16H19N3O/c1-12(13-7-3-2-4-8-13)18-11-14-9-5-6-10-15(14)16(17)19-20/h2-10,12,18,20H,11H2,1H3,(H2,17,19)/t12-/m0/s1. The first kappa shape index (κ1) is 14.1. The molecule has 4 heteroatoms. The van der Waals surface area contributed by atoms with Crippen molar-refractivity contribution in [2.45, 2.75) is 19.5 Å². The molecule has 0 saturated carbocycles. The quantitative estimate of drug-likeness (QED) is 0.338. The Morgan fingerprint density at radius 2 is 1.80 bits per heavy atom. The van der Waals surface area contributed by atoms with E-state index in [4.69, 9.17) is 10.9 Å². The van der Waals surface area contributed by atoms with E-state index in [9.17, 15) is 0 Å². The van der Waals surface area contributed by atoms with Crippen LogP contribution in [0.1, 0.15) is 29.7 Å². The molecule has 2 aromatic carbocycles. The normalized spacial score (nSPS) is 13.2. The number of benzene rings is 2. The summed E-state index contributed by atoms with van der Waals surface area (Å²) in [7, 11) is 0. The molecule has 0 bridgehead atoms. The van der Waals surface area contributed by atoms with Gasteiger partial charge < -0.3 is 16.3 Å². The number of nitrogens with two attached hydrogens (primary N) is 1. The Labute approximate surface area is 118 Å². The van der Waals surface area contributed by atoms with Crippen LogP contribution in [-0.4, -0.2) is 11.0 Å². The van der Waals surface area contributed by atoms with E-state index >= 15 is 0 Å². The van der Waals surface area contributed by atoms with Crippen molar-refractivity contribution in [3.05, 3.63) is 71.3 Å². The molecule has 2 rings (SSSR count). The van der Waals surface area contributed by atoms with Gasteiger partial charge in [0, 0.05) is 18.2 Å². The van der Waals surface area contributed by atoms with Crippen LogP contribution in [0.4, 0.5) is 0 Å². The summed E-state index contributed by atoms with van der Waals surface area (Å²) in [6.45, 7) is 2.77. The maximum Gasteiger partial charge on any atom is 0.170 e. The Balaban J connectivity index is 2.08. The SMILES string of the molecule is C[C@H](NCc1ccccc1C(N)=NO)c1ccccc1. The minimum absolute atomic E-state index is 0.134. The van der Waals surface area contributed by atoms with Crippen molar-refractivity contribution in [2.75, 3.05) is 0 Å². The van der Waals surface area contributed by atoms with E-state index in [-0.39, 0.29) is 11.9 Å². The predicted molar refractivity (Wildman–Crippen MR) is 80.6 cm³/mol. The summed E-state index contributed by atoms with van der Waals surface area (Å²) in [6.07, 6.45) is 0. The minimum atomic E-state index is 0.134. The van der Waals surface area contributed by atoms with Crippen molar-refractivity contribution in [3.8, 4) is 0 Å². The molecular weight excluding hydrogens is 250 g/mol. The van der Waals surface area contributed by atoms with E-state index in [0.29, 0.717) is 6.54 Å². The van der Waals surface area contributed by atoms with Gasteiger partial charge in [0.15, 0.2) is 5.84 Å². The number of amidine groups is 1. The van der Waals surface area contributed by atoms with Crippen LogP contribution < -0.4 is 11.1 Å². The number of rotatable bonds is 5. The highest BCUT2D eigenvalue weighted by Crippen LogP contribution is 2.14. The van der Waals surface area contributed by atoms with Crippen LogP contribution in [-0.2, 0) is 6.54 Å². The fourth-order valence-corrected chi connectivity index (χ4v) is 2.10. The molecule has 0 unspecified atom stereocenters. The first-order valence-electron chi connectivity index (χ1n) is 6.56. The van der Waals surface area contributed by atoms with E-state index in [1.807, 2.05) is 42.5 Å². The van der Waals surface area contributed by atoms with Crippen LogP contribution in [0.25, 0.3) is 0 Å². The summed E-state index contributed by atoms with van der Waals surface area (Å²) in [5.74, 6) is 0.134. The molecule has 0 aliphatic rings. The lowest BCUT2D eigenvalue weighted by atomic mass is 10.0. The van der Waals surface area contributed by atoms with Crippen molar-refractivity contribution < 1.29 is 5.21 Å². The van der Waals surface area contributed by atoms with E-state index in [1.54, 1.807) is 0 Å². The number of oxime groups is 1. The van der Waals surface area contributed by atoms with Gasteiger partial charge in [-0.15, -0.1) is 0 Å². The molecule has 0 amide bonds. The van der Waals surface area contributed by atoms with Gasteiger partial charge in [-0.25, -0.2) is 0 Å². The van der Waals surface area contributed by atoms with Crippen molar-refractivity contribution in [2.24, 2.45) is 10.9 Å². The highest BCUT2D eigenvalue weighted by atomic mass is 16.4. The highest BCUT2D eigenvalue weighted by molar-refractivity contribution is 5.98. The van der Waals surface area contributed by atoms with Crippen LogP contribution in [0.15, 0.2) is 59.8 Å². The van der Waals surface area contributed by atoms with Crippen molar-refractivity contribution in [1.29, 1.82) is 0 Å². The average molecular weight is 269 g/mol. The number of hydrogen-bond acceptors (Lipinski definition) is 3. The maximum absolute atomic E-state index is 8.81. The fraction of sp³-hybridized carbons (Fsp3) is 0.188. The van der Waals surface area contributed by atoms with E-state index < -0.39 is 0 Å². The zero-order chi connectivity index (χ0) is 14.4. The van der Waals surface area contributed by atoms with Gasteiger partial charge in [0.2, 0.25) is 0 Å². The summed E-state index contributed by atoms with van der Waals surface area (Å²) in [4.78, 5) is 0. The lowest BCUT2D eigenvalue weighted by Gasteiger charge is -2.15. The van der Waals surface area contributed by atoms with E-state index in [0.717, 1.165) is 11.1 Å². The summed E-state index contributed by atoms with van der Waals surface area (Å²) >= 11 is 0. The Kier molecular flexibility index (Phi) is 4.74. The minimum Gasteiger partial charge on any atom is -0.409 e. The van der Waals surface area contributed by atoms with Crippen molar-refractivity contribution in [3.63, 3.8) is 0 Å². The third-order valence-corrected chi connectivity index (χ3v) is 3.30. The van der Waals surface area contributed by atoms with Crippen LogP contribution >= 0.6 is 0 Å². The van der Waals surface area contributed by atoms with Crippen LogP contribution in [0.2, 0.25) is 0 Å². The Morgan fingerprint density at radius 3 is 2.50 bits per heavy atom. The van der Waals surface area contributed by atoms with Crippen LogP contribution in [0.5, 0.6) is 0 Å². The van der Waals surface area contributed by atoms with Gasteiger partial charge in [0.05, 0.1) is 0 Å². The van der Waals surface area contributed by atoms with Crippen molar-refractivity contribution >= 4 is 5.84 Å². The highest BCUT2D eigenvalue weighted by Gasteiger charge is 2.08. The molecule has 20 heavy (non-hydrogen) atoms. The Morgan fingerprint density at radius 1 is 1.15 bits per heavy atom. The first-order chi connectivity index (χ1) is 9.72. The second kappa shape index (κ2) is 6.73. The molecule has 4 N–H and O–H groups in total. The predicted octanol–water partition coefficient (Wildman–Crippen LogP) is 2.63. The largest absolute Gasteiger partial charge is 0.409 e. The smallest absolute Gasteiger partial charge is 0.170 e. The zero-order valence-electron chi connectivity index (χ0n) is 11.5. The third kappa shape index (κ3) is 3.36. The van der Waals surface area contributed by atoms with E-state index in [1.165, 1.54) is 5.56 Å². The second-order valence-corrected chi connectivity index (χ2v) is 4.66. The molecule has 0 aliphatic carbocycles. The molecule has 0 aliphatic heterocycles. The van der Waals surface area contributed by atoms with E-state index in [2.05, 4.69) is 29.5 Å². The molecule has 0 fully saturated rings. The van der Waals surface area contributed by atoms with Crippen LogP contribution in [0, 0.1) is 0 Å². The molecule has 0 heterocycles. The molecule has 104 valence electrons. The summed E-state index contributed by atoms with van der Waals surface area (Å²) in [6, 6.07) is 18.1. The van der Waals surface area contributed by atoms with Gasteiger partial charge in [-0.05, 0) is 18.1 Å². The average Bonchev–Trinajstić information content (AvgIpc) is 2.53. The molecular formula is C16H19N3O. The van der Waals surface area contributed by atoms with Crippen molar-refractivity contribution in [1.82, 2.24) is 5.32 Å². The molecule has 0 radical (unpaired) electrons. The molecule has 0 spiro atoms. The molecule has 0 aromatic heterocycles. The second-order valence-electron chi connectivity index (χ2n) is 4.66. The lowest BCUT2D eigenvalue weighted by Crippen LogP contribution is -2.22. The summed E-state index contributed by atoms with van der Waals surface area (Å²) in [5, 5.41) is 15.3. The first-order valence-corrected chi connectivity index (χ1v) is 6.56. The molecule has 4 nitrogen and oxygen atoms in total. The van der Waals surface area contributed by atoms with Gasteiger partial charge >= 0.3 is 0 Å². The zero-order valence-corrected chi connectivity index (χ0v) is 11.5. The number of nitrogens with zero attached hydrogens (tertiary/aromatic N) is 1. The summed E-state index contributed by atoms with van der Waals surface area (Å²) < 4.78 is 0. The Hall–Kier alpha value is -2.33. The van der Waals surface area contributed by atoms with Gasteiger partial charge in [-0.3, -0.25) is 0 Å². The third-order valence-electron chi connectivity index (χ3n) is 3.30. The summed E-state index contributed by atoms with van der Waals surface area (Å²) in [5.41, 5.74) is 8.67. The van der Waals surface area contributed by atoms with Gasteiger partial charge in [-0.1, -0.05) is 59.8 Å². The van der Waals surface area contributed by atoms with Crippen LogP contribution in [0.3, 0.4) is 0 Å². The molecule has 2 aromatic rings. The van der Waals surface area contributed by atoms with Gasteiger partial charge in [0.1, 0.15) is 0 Å². The topological polar surface area (TPSA) is 70.6 Å². The fourth-order valence-electron chi connectivity index (χ4n) is 2.10. The van der Waals surface area contributed by atoms with Gasteiger partial charge in [-0.2, -0.15) is 0 Å². The monoisotopic (exact) mass is 269 g/mol.